The van der Waals surface area contributed by atoms with E-state index >= 15 is 0 Å². The van der Waals surface area contributed by atoms with Gasteiger partial charge in [-0.2, -0.15) is 4.68 Å². The fourth-order valence-corrected chi connectivity index (χ4v) is 1.42. The Kier molecular flexibility index (Phi) is 3.56. The van der Waals surface area contributed by atoms with Crippen LogP contribution in [0.5, 0.6) is 0 Å². The van der Waals surface area contributed by atoms with Crippen LogP contribution >= 0.6 is 0 Å². The minimum absolute atomic E-state index is 0.0318. The summed E-state index contributed by atoms with van der Waals surface area (Å²) in [6.07, 6.45) is 0. The van der Waals surface area contributed by atoms with Crippen molar-refractivity contribution < 1.29 is 13.2 Å². The van der Waals surface area contributed by atoms with Crippen LogP contribution in [0.25, 0.3) is 5.69 Å². The smallest absolute Gasteiger partial charge is 0.194 e. The highest BCUT2D eigenvalue weighted by Crippen LogP contribution is 2.16. The number of halogens is 3. The van der Waals surface area contributed by atoms with Crippen molar-refractivity contribution in [3.63, 3.8) is 0 Å². The summed E-state index contributed by atoms with van der Waals surface area (Å²) in [7, 11) is 0. The third-order valence-corrected chi connectivity index (χ3v) is 2.28. The molecule has 1 aromatic heterocycles. The average Bonchev–Trinajstić information content (AvgIpc) is 2.81. The Morgan fingerprint density at radius 3 is 2.50 bits per heavy atom. The van der Waals surface area contributed by atoms with Crippen LogP contribution in [0.4, 0.5) is 13.2 Å². The molecule has 2 rings (SSSR count). The zero-order valence-corrected chi connectivity index (χ0v) is 9.49. The van der Waals surface area contributed by atoms with Gasteiger partial charge < -0.3 is 5.32 Å². The van der Waals surface area contributed by atoms with E-state index in [4.69, 9.17) is 0 Å². The van der Waals surface area contributed by atoms with Gasteiger partial charge in [0.1, 0.15) is 0 Å². The maximum Gasteiger partial charge on any atom is 0.194 e. The molecule has 0 unspecified atom stereocenters. The van der Waals surface area contributed by atoms with Crippen LogP contribution < -0.4 is 5.32 Å². The predicted molar refractivity (Wildman–Crippen MR) is 56.4 cm³/mol. The number of nitrogens with one attached hydrogen (secondary N) is 1. The zero-order chi connectivity index (χ0) is 13.1. The molecule has 0 spiro atoms. The van der Waals surface area contributed by atoms with Crippen molar-refractivity contribution in [2.75, 3.05) is 6.54 Å². The Morgan fingerprint density at radius 2 is 1.89 bits per heavy atom. The molecule has 0 aliphatic heterocycles. The van der Waals surface area contributed by atoms with Crippen LogP contribution in [-0.2, 0) is 6.54 Å². The minimum atomic E-state index is -1.51. The van der Waals surface area contributed by atoms with Gasteiger partial charge in [0.15, 0.2) is 23.3 Å². The molecule has 0 radical (unpaired) electrons. The van der Waals surface area contributed by atoms with E-state index in [1.807, 2.05) is 6.92 Å². The maximum absolute atomic E-state index is 13.1. The average molecular weight is 257 g/mol. The number of rotatable bonds is 4. The molecule has 1 aromatic carbocycles. The summed E-state index contributed by atoms with van der Waals surface area (Å²) in [6, 6.07) is 1.68. The topological polar surface area (TPSA) is 55.6 Å². The summed E-state index contributed by atoms with van der Waals surface area (Å²) in [4.78, 5) is 0. The van der Waals surface area contributed by atoms with Gasteiger partial charge in [0.25, 0.3) is 0 Å². The van der Waals surface area contributed by atoms with Crippen LogP contribution in [0.2, 0.25) is 0 Å². The van der Waals surface area contributed by atoms with Crippen molar-refractivity contribution in [3.8, 4) is 5.69 Å². The molecule has 2 aromatic rings. The normalized spacial score (nSPS) is 10.9. The van der Waals surface area contributed by atoms with Gasteiger partial charge >= 0.3 is 0 Å². The second-order valence-corrected chi connectivity index (χ2v) is 3.51. The first-order chi connectivity index (χ1) is 8.63. The fraction of sp³-hybridized carbons (Fsp3) is 0.300. The molecule has 0 amide bonds. The molecule has 0 saturated heterocycles. The van der Waals surface area contributed by atoms with Crippen molar-refractivity contribution in [1.29, 1.82) is 0 Å². The number of hydrogen-bond acceptors (Lipinski definition) is 4. The lowest BCUT2D eigenvalue weighted by atomic mass is 10.3. The largest absolute Gasteiger partial charge is 0.310 e. The molecule has 0 aliphatic carbocycles. The molecule has 1 N–H and O–H groups in total. The van der Waals surface area contributed by atoms with Crippen molar-refractivity contribution in [1.82, 2.24) is 25.5 Å². The van der Waals surface area contributed by atoms with E-state index in [1.54, 1.807) is 0 Å². The molecule has 0 saturated carbocycles. The van der Waals surface area contributed by atoms with Crippen molar-refractivity contribution in [3.05, 3.63) is 35.4 Å². The van der Waals surface area contributed by atoms with Gasteiger partial charge in [-0.1, -0.05) is 6.92 Å². The van der Waals surface area contributed by atoms with Crippen LogP contribution in [-0.4, -0.2) is 26.8 Å². The molecule has 0 aliphatic rings. The van der Waals surface area contributed by atoms with Crippen LogP contribution in [0.1, 0.15) is 12.7 Å². The molecule has 0 fully saturated rings. The number of nitrogens with zero attached hydrogens (tertiary/aromatic N) is 4. The Labute approximate surface area is 101 Å². The molecular weight excluding hydrogens is 247 g/mol. The molecule has 18 heavy (non-hydrogen) atoms. The SMILES string of the molecule is CCNCc1nnnn1-c1cc(F)c(F)c(F)c1. The van der Waals surface area contributed by atoms with Crippen LogP contribution in [0.15, 0.2) is 12.1 Å². The summed E-state index contributed by atoms with van der Waals surface area (Å²) in [6.45, 7) is 2.93. The zero-order valence-electron chi connectivity index (χ0n) is 9.49. The predicted octanol–water partition coefficient (Wildman–Crippen LogP) is 1.19. The van der Waals surface area contributed by atoms with E-state index < -0.39 is 17.5 Å². The van der Waals surface area contributed by atoms with E-state index in [2.05, 4.69) is 20.8 Å². The second kappa shape index (κ2) is 5.13. The lowest BCUT2D eigenvalue weighted by Crippen LogP contribution is -2.16. The summed E-state index contributed by atoms with van der Waals surface area (Å²) in [5.41, 5.74) is 0.0318. The minimum Gasteiger partial charge on any atom is -0.310 e. The molecule has 5 nitrogen and oxygen atoms in total. The molecule has 0 bridgehead atoms. The third-order valence-electron chi connectivity index (χ3n) is 2.28. The summed E-state index contributed by atoms with van der Waals surface area (Å²) in [5.74, 6) is -3.70. The van der Waals surface area contributed by atoms with Gasteiger partial charge in [-0.05, 0) is 17.0 Å². The Bertz CT molecular complexity index is 531. The van der Waals surface area contributed by atoms with E-state index in [-0.39, 0.29) is 5.69 Å². The molecule has 96 valence electrons. The second-order valence-electron chi connectivity index (χ2n) is 3.51. The maximum atomic E-state index is 13.1. The summed E-state index contributed by atoms with van der Waals surface area (Å²) in [5, 5.41) is 13.7. The standard InChI is InChI=1S/C10H10F3N5/c1-2-14-5-9-15-16-17-18(9)6-3-7(11)10(13)8(12)4-6/h3-4,14H,2,5H2,1H3. The fourth-order valence-electron chi connectivity index (χ4n) is 1.42. The van der Waals surface area contributed by atoms with Crippen molar-refractivity contribution in [2.24, 2.45) is 0 Å². The first-order valence-electron chi connectivity index (χ1n) is 5.26. The van der Waals surface area contributed by atoms with E-state index in [0.717, 1.165) is 16.8 Å². The first-order valence-corrected chi connectivity index (χ1v) is 5.26. The van der Waals surface area contributed by atoms with Gasteiger partial charge in [-0.15, -0.1) is 5.10 Å². The van der Waals surface area contributed by atoms with Gasteiger partial charge in [-0.3, -0.25) is 0 Å². The Balaban J connectivity index is 2.40. The third kappa shape index (κ3) is 2.33. The molecule has 1 heterocycles. The number of benzene rings is 1. The summed E-state index contributed by atoms with van der Waals surface area (Å²) >= 11 is 0. The number of tetrazole rings is 1. The Morgan fingerprint density at radius 1 is 1.22 bits per heavy atom. The van der Waals surface area contributed by atoms with Gasteiger partial charge in [-0.25, -0.2) is 13.2 Å². The van der Waals surface area contributed by atoms with Crippen molar-refractivity contribution >= 4 is 0 Å². The highest BCUT2D eigenvalue weighted by atomic mass is 19.2. The molecule has 0 atom stereocenters. The first kappa shape index (κ1) is 12.5. The van der Waals surface area contributed by atoms with Gasteiger partial charge in [0.2, 0.25) is 0 Å². The van der Waals surface area contributed by atoms with Gasteiger partial charge in [0, 0.05) is 12.1 Å². The van der Waals surface area contributed by atoms with E-state index in [1.165, 1.54) is 0 Å². The van der Waals surface area contributed by atoms with E-state index in [9.17, 15) is 13.2 Å². The lowest BCUT2D eigenvalue weighted by molar-refractivity contribution is 0.445. The summed E-state index contributed by atoms with van der Waals surface area (Å²) < 4.78 is 40.2. The number of hydrogen-bond donors (Lipinski definition) is 1. The molecule has 8 heteroatoms. The van der Waals surface area contributed by atoms with Crippen molar-refractivity contribution in [2.45, 2.75) is 13.5 Å². The monoisotopic (exact) mass is 257 g/mol. The lowest BCUT2D eigenvalue weighted by Gasteiger charge is -2.05. The van der Waals surface area contributed by atoms with E-state index in [0.29, 0.717) is 18.9 Å². The van der Waals surface area contributed by atoms with Gasteiger partial charge in [0.05, 0.1) is 12.2 Å². The van der Waals surface area contributed by atoms with Crippen LogP contribution in [0.3, 0.4) is 0 Å². The number of aromatic nitrogens is 4. The van der Waals surface area contributed by atoms with Crippen LogP contribution in [0, 0.1) is 17.5 Å². The highest BCUT2D eigenvalue weighted by Gasteiger charge is 2.14. The Hall–Kier alpha value is -1.96. The quantitative estimate of drug-likeness (QED) is 0.836. The highest BCUT2D eigenvalue weighted by molar-refractivity contribution is 5.33. The molecular formula is C10H10F3N5.